The number of hydrogen-bond donors (Lipinski definition) is 2. The Morgan fingerprint density at radius 1 is 1.50 bits per heavy atom. The Labute approximate surface area is 92.5 Å². The molecule has 2 rings (SSSR count). The fourth-order valence-corrected chi connectivity index (χ4v) is 1.67. The van der Waals surface area contributed by atoms with E-state index < -0.39 is 5.60 Å². The van der Waals surface area contributed by atoms with Gasteiger partial charge in [-0.05, 0) is 26.0 Å². The van der Waals surface area contributed by atoms with E-state index in [4.69, 9.17) is 5.73 Å². The maximum absolute atomic E-state index is 13.6. The largest absolute Gasteiger partial charge is 0.398 e. The van der Waals surface area contributed by atoms with Crippen LogP contribution in [0.2, 0.25) is 0 Å². The van der Waals surface area contributed by atoms with Crippen LogP contribution < -0.4 is 5.73 Å². The third-order valence-corrected chi connectivity index (χ3v) is 2.32. The van der Waals surface area contributed by atoms with Gasteiger partial charge in [-0.1, -0.05) is 0 Å². The monoisotopic (exact) mass is 223 g/mol. The first-order chi connectivity index (χ1) is 7.38. The van der Waals surface area contributed by atoms with Gasteiger partial charge in [-0.15, -0.1) is 0 Å². The fourth-order valence-electron chi connectivity index (χ4n) is 1.67. The standard InChI is InChI=1S/C11H14FN3O/c1-11(2,16)6-15-10-7(5-14-15)9(13)4-3-8(10)12/h3-5,16H,6,13H2,1-2H3. The summed E-state index contributed by atoms with van der Waals surface area (Å²) in [5.41, 5.74) is 5.59. The highest BCUT2D eigenvalue weighted by Crippen LogP contribution is 2.24. The van der Waals surface area contributed by atoms with Crippen LogP contribution in [0.4, 0.5) is 10.1 Å². The van der Waals surface area contributed by atoms with E-state index in [0.29, 0.717) is 16.6 Å². The minimum absolute atomic E-state index is 0.219. The summed E-state index contributed by atoms with van der Waals surface area (Å²) in [5.74, 6) is -0.383. The molecule has 0 bridgehead atoms. The maximum atomic E-state index is 13.6. The third-order valence-electron chi connectivity index (χ3n) is 2.32. The van der Waals surface area contributed by atoms with Gasteiger partial charge in [0.25, 0.3) is 0 Å². The first-order valence-corrected chi connectivity index (χ1v) is 5.00. The molecule has 1 aromatic heterocycles. The number of nitrogens with zero attached hydrogens (tertiary/aromatic N) is 2. The molecule has 0 unspecified atom stereocenters. The lowest BCUT2D eigenvalue weighted by atomic mass is 10.1. The molecule has 0 aliphatic carbocycles. The number of anilines is 1. The number of halogens is 1. The van der Waals surface area contributed by atoms with E-state index in [1.807, 2.05) is 0 Å². The lowest BCUT2D eigenvalue weighted by Crippen LogP contribution is -2.26. The van der Waals surface area contributed by atoms with Crippen molar-refractivity contribution in [3.8, 4) is 0 Å². The average Bonchev–Trinajstić information content (AvgIpc) is 2.54. The van der Waals surface area contributed by atoms with E-state index in [1.54, 1.807) is 13.8 Å². The second kappa shape index (κ2) is 3.45. The van der Waals surface area contributed by atoms with E-state index in [9.17, 15) is 9.50 Å². The number of benzene rings is 1. The number of fused-ring (bicyclic) bond motifs is 1. The first kappa shape index (κ1) is 10.9. The molecule has 0 atom stereocenters. The molecule has 0 fully saturated rings. The van der Waals surface area contributed by atoms with Crippen LogP contribution in [0, 0.1) is 5.82 Å². The van der Waals surface area contributed by atoms with Crippen LogP contribution in [0.25, 0.3) is 10.9 Å². The highest BCUT2D eigenvalue weighted by atomic mass is 19.1. The van der Waals surface area contributed by atoms with Gasteiger partial charge in [-0.3, -0.25) is 4.68 Å². The number of hydrogen-bond acceptors (Lipinski definition) is 3. The van der Waals surface area contributed by atoms with Crippen LogP contribution in [0.3, 0.4) is 0 Å². The van der Waals surface area contributed by atoms with E-state index in [-0.39, 0.29) is 12.4 Å². The van der Waals surface area contributed by atoms with Crippen molar-refractivity contribution >= 4 is 16.6 Å². The van der Waals surface area contributed by atoms with Crippen molar-refractivity contribution in [1.82, 2.24) is 9.78 Å². The molecule has 0 aliphatic rings. The molecule has 86 valence electrons. The minimum atomic E-state index is -0.948. The van der Waals surface area contributed by atoms with Gasteiger partial charge in [0, 0.05) is 11.1 Å². The Morgan fingerprint density at radius 2 is 2.19 bits per heavy atom. The molecule has 5 heteroatoms. The summed E-state index contributed by atoms with van der Waals surface area (Å²) in [6.07, 6.45) is 1.51. The Balaban J connectivity index is 2.60. The van der Waals surface area contributed by atoms with E-state index in [0.717, 1.165) is 0 Å². The van der Waals surface area contributed by atoms with Gasteiger partial charge in [-0.2, -0.15) is 5.10 Å². The van der Waals surface area contributed by atoms with Crippen LogP contribution in [-0.4, -0.2) is 20.5 Å². The molecule has 1 heterocycles. The molecule has 16 heavy (non-hydrogen) atoms. The number of nitrogen functional groups attached to an aromatic ring is 1. The summed E-state index contributed by atoms with van der Waals surface area (Å²) < 4.78 is 15.1. The zero-order valence-corrected chi connectivity index (χ0v) is 9.24. The number of nitrogens with two attached hydrogens (primary N) is 1. The molecule has 0 spiro atoms. The zero-order valence-electron chi connectivity index (χ0n) is 9.24. The van der Waals surface area contributed by atoms with E-state index >= 15 is 0 Å². The van der Waals surface area contributed by atoms with Gasteiger partial charge in [-0.25, -0.2) is 4.39 Å². The molecule has 0 saturated carbocycles. The van der Waals surface area contributed by atoms with Gasteiger partial charge >= 0.3 is 0 Å². The van der Waals surface area contributed by atoms with Gasteiger partial charge in [0.05, 0.1) is 18.3 Å². The van der Waals surface area contributed by atoms with Crippen LogP contribution >= 0.6 is 0 Å². The molecule has 0 amide bonds. The van der Waals surface area contributed by atoms with Crippen LogP contribution in [-0.2, 0) is 6.54 Å². The molecule has 1 aromatic carbocycles. The molecule has 0 aliphatic heterocycles. The summed E-state index contributed by atoms with van der Waals surface area (Å²) >= 11 is 0. The van der Waals surface area contributed by atoms with Crippen LogP contribution in [0.1, 0.15) is 13.8 Å². The van der Waals surface area contributed by atoms with Gasteiger partial charge in [0.15, 0.2) is 0 Å². The predicted molar refractivity (Wildman–Crippen MR) is 60.4 cm³/mol. The van der Waals surface area contributed by atoms with Crippen LogP contribution in [0.15, 0.2) is 18.3 Å². The van der Waals surface area contributed by atoms with Gasteiger partial charge in [0.1, 0.15) is 11.3 Å². The van der Waals surface area contributed by atoms with Gasteiger partial charge in [0.2, 0.25) is 0 Å². The van der Waals surface area contributed by atoms with Gasteiger partial charge < -0.3 is 10.8 Å². The van der Waals surface area contributed by atoms with E-state index in [1.165, 1.54) is 23.0 Å². The Morgan fingerprint density at radius 3 is 2.81 bits per heavy atom. The molecule has 3 N–H and O–H groups in total. The van der Waals surface area contributed by atoms with Crippen molar-refractivity contribution in [2.24, 2.45) is 0 Å². The first-order valence-electron chi connectivity index (χ1n) is 5.00. The molecule has 2 aromatic rings. The topological polar surface area (TPSA) is 64.1 Å². The smallest absolute Gasteiger partial charge is 0.149 e. The van der Waals surface area contributed by atoms with Crippen molar-refractivity contribution in [2.75, 3.05) is 5.73 Å². The fraction of sp³-hybridized carbons (Fsp3) is 0.364. The summed E-state index contributed by atoms with van der Waals surface area (Å²) in [4.78, 5) is 0. The molecule has 4 nitrogen and oxygen atoms in total. The van der Waals surface area contributed by atoms with Crippen molar-refractivity contribution in [2.45, 2.75) is 26.0 Å². The Kier molecular flexibility index (Phi) is 2.35. The lowest BCUT2D eigenvalue weighted by molar-refractivity contribution is 0.0590. The molecular weight excluding hydrogens is 209 g/mol. The number of rotatable bonds is 2. The normalized spacial score (nSPS) is 12.2. The third kappa shape index (κ3) is 1.86. The van der Waals surface area contributed by atoms with Crippen molar-refractivity contribution in [1.29, 1.82) is 0 Å². The lowest BCUT2D eigenvalue weighted by Gasteiger charge is -2.17. The second-order valence-electron chi connectivity index (χ2n) is 4.51. The summed E-state index contributed by atoms with van der Waals surface area (Å²) in [5, 5.41) is 14.3. The van der Waals surface area contributed by atoms with Crippen LogP contribution in [0.5, 0.6) is 0 Å². The van der Waals surface area contributed by atoms with Crippen molar-refractivity contribution in [3.63, 3.8) is 0 Å². The maximum Gasteiger partial charge on any atom is 0.149 e. The zero-order chi connectivity index (χ0) is 11.9. The summed E-state index contributed by atoms with van der Waals surface area (Å²) in [7, 11) is 0. The minimum Gasteiger partial charge on any atom is -0.398 e. The number of aliphatic hydroxyl groups is 1. The molecule has 0 saturated heterocycles. The van der Waals surface area contributed by atoms with Crippen molar-refractivity contribution in [3.05, 3.63) is 24.1 Å². The average molecular weight is 223 g/mol. The molecular formula is C11H14FN3O. The van der Waals surface area contributed by atoms with E-state index in [2.05, 4.69) is 5.10 Å². The molecule has 0 radical (unpaired) electrons. The highest BCUT2D eigenvalue weighted by Gasteiger charge is 2.18. The second-order valence-corrected chi connectivity index (χ2v) is 4.51. The summed E-state index contributed by atoms with van der Waals surface area (Å²) in [6, 6.07) is 2.81. The Hall–Kier alpha value is -1.62. The SMILES string of the molecule is CC(C)(O)Cn1ncc2c(N)ccc(F)c21. The highest BCUT2D eigenvalue weighted by molar-refractivity contribution is 5.90. The number of aromatic nitrogens is 2. The van der Waals surface area contributed by atoms with Crippen molar-refractivity contribution < 1.29 is 9.50 Å². The quantitative estimate of drug-likeness (QED) is 0.759. The predicted octanol–water partition coefficient (Wildman–Crippen LogP) is 1.53. The summed E-state index contributed by atoms with van der Waals surface area (Å²) in [6.45, 7) is 3.51. The Bertz CT molecular complexity index is 528.